The Morgan fingerprint density at radius 3 is 2.32 bits per heavy atom. The van der Waals surface area contributed by atoms with Crippen molar-refractivity contribution in [2.24, 2.45) is 12.2 Å². The lowest BCUT2D eigenvalue weighted by atomic mass is 10.3. The van der Waals surface area contributed by atoms with E-state index in [1.165, 1.54) is 7.05 Å². The highest BCUT2D eigenvalue weighted by Crippen LogP contribution is 2.19. The van der Waals surface area contributed by atoms with Gasteiger partial charge >= 0.3 is 5.69 Å². The quantitative estimate of drug-likeness (QED) is 0.835. The molecule has 0 saturated carbocycles. The molecule has 0 atom stereocenters. The van der Waals surface area contributed by atoms with E-state index in [2.05, 4.69) is 5.18 Å². The lowest BCUT2D eigenvalue weighted by molar-refractivity contribution is 0.736. The molecule has 2 N–H and O–H groups in total. The van der Waals surface area contributed by atoms with Crippen LogP contribution in [0.25, 0.3) is 5.69 Å². The van der Waals surface area contributed by atoms with Crippen LogP contribution in [0.2, 0.25) is 5.02 Å². The van der Waals surface area contributed by atoms with E-state index in [0.29, 0.717) is 10.7 Å². The molecule has 98 valence electrons. The van der Waals surface area contributed by atoms with Crippen molar-refractivity contribution in [1.82, 2.24) is 9.13 Å². The van der Waals surface area contributed by atoms with E-state index in [1.54, 1.807) is 24.3 Å². The fraction of sp³-hybridized carbons (Fsp3) is 0.0909. The minimum atomic E-state index is -0.831. The van der Waals surface area contributed by atoms with Gasteiger partial charge in [0.1, 0.15) is 5.82 Å². The summed E-state index contributed by atoms with van der Waals surface area (Å²) < 4.78 is 1.79. The summed E-state index contributed by atoms with van der Waals surface area (Å²) in [4.78, 5) is 34.3. The van der Waals surface area contributed by atoms with Crippen molar-refractivity contribution < 1.29 is 0 Å². The molecule has 0 aliphatic rings. The number of nitrogen functional groups attached to an aromatic ring is 1. The van der Waals surface area contributed by atoms with Gasteiger partial charge in [0.05, 0.1) is 5.69 Å². The molecule has 2 rings (SSSR count). The van der Waals surface area contributed by atoms with Gasteiger partial charge in [0.25, 0.3) is 5.56 Å². The van der Waals surface area contributed by atoms with Crippen LogP contribution < -0.4 is 17.0 Å². The summed E-state index contributed by atoms with van der Waals surface area (Å²) in [7, 11) is 1.24. The molecule has 1 heterocycles. The Hall–Kier alpha value is -2.41. The van der Waals surface area contributed by atoms with E-state index in [9.17, 15) is 14.5 Å². The SMILES string of the molecule is Cn1c(=O)c(N=O)c(N)n(-c2ccc(Cl)cc2)c1=O. The molecule has 0 unspecified atom stereocenters. The number of rotatable bonds is 2. The van der Waals surface area contributed by atoms with Gasteiger partial charge in [-0.25, -0.2) is 9.36 Å². The van der Waals surface area contributed by atoms with Crippen LogP contribution in [0, 0.1) is 4.91 Å². The molecule has 1 aromatic carbocycles. The summed E-state index contributed by atoms with van der Waals surface area (Å²) in [6.07, 6.45) is 0. The molecule has 19 heavy (non-hydrogen) atoms. The molecule has 0 bridgehead atoms. The Labute approximate surface area is 111 Å². The molecule has 0 spiro atoms. The monoisotopic (exact) mass is 280 g/mol. The second-order valence-electron chi connectivity index (χ2n) is 3.78. The van der Waals surface area contributed by atoms with Crippen LogP contribution in [-0.4, -0.2) is 9.13 Å². The first-order valence-corrected chi connectivity index (χ1v) is 5.56. The van der Waals surface area contributed by atoms with Crippen LogP contribution in [0.5, 0.6) is 0 Å². The Morgan fingerprint density at radius 2 is 1.79 bits per heavy atom. The molecule has 0 radical (unpaired) electrons. The number of aromatic nitrogens is 2. The third-order valence-electron chi connectivity index (χ3n) is 2.65. The average Bonchev–Trinajstić information content (AvgIpc) is 2.39. The third-order valence-corrected chi connectivity index (χ3v) is 2.90. The normalized spacial score (nSPS) is 10.4. The highest BCUT2D eigenvalue weighted by Gasteiger charge is 2.16. The molecule has 2 aromatic rings. The van der Waals surface area contributed by atoms with Crippen molar-refractivity contribution in [2.45, 2.75) is 0 Å². The molecule has 0 saturated heterocycles. The largest absolute Gasteiger partial charge is 0.383 e. The van der Waals surface area contributed by atoms with Crippen molar-refractivity contribution in [3.63, 3.8) is 0 Å². The lowest BCUT2D eigenvalue weighted by Crippen LogP contribution is -2.38. The van der Waals surface area contributed by atoms with Crippen molar-refractivity contribution >= 4 is 23.1 Å². The molecule has 0 fully saturated rings. The van der Waals surface area contributed by atoms with Gasteiger partial charge in [-0.3, -0.25) is 9.36 Å². The van der Waals surface area contributed by atoms with Crippen LogP contribution >= 0.6 is 11.6 Å². The zero-order chi connectivity index (χ0) is 14.2. The third kappa shape index (κ3) is 2.04. The highest BCUT2D eigenvalue weighted by atomic mass is 35.5. The van der Waals surface area contributed by atoms with Gasteiger partial charge < -0.3 is 5.73 Å². The van der Waals surface area contributed by atoms with Crippen molar-refractivity contribution in [2.75, 3.05) is 5.73 Å². The Kier molecular flexibility index (Phi) is 3.22. The fourth-order valence-corrected chi connectivity index (χ4v) is 1.77. The summed E-state index contributed by atoms with van der Waals surface area (Å²) in [5.74, 6) is -0.301. The molecule has 8 heteroatoms. The van der Waals surface area contributed by atoms with Crippen LogP contribution in [0.15, 0.2) is 39.0 Å². The predicted molar refractivity (Wildman–Crippen MR) is 72.2 cm³/mol. The van der Waals surface area contributed by atoms with Crippen LogP contribution in [-0.2, 0) is 7.05 Å². The number of nitrogens with two attached hydrogens (primary N) is 1. The molecule has 0 amide bonds. The maximum absolute atomic E-state index is 12.0. The Balaban J connectivity index is 2.88. The van der Waals surface area contributed by atoms with Crippen LogP contribution in [0.3, 0.4) is 0 Å². The summed E-state index contributed by atoms with van der Waals surface area (Å²) in [5, 5.41) is 3.06. The molecule has 7 nitrogen and oxygen atoms in total. The van der Waals surface area contributed by atoms with Gasteiger partial charge in [-0.05, 0) is 29.4 Å². The lowest BCUT2D eigenvalue weighted by Gasteiger charge is -2.11. The number of hydrogen-bond donors (Lipinski definition) is 1. The van der Waals surface area contributed by atoms with Crippen LogP contribution in [0.1, 0.15) is 0 Å². The molecular formula is C11H9ClN4O3. The first-order chi connectivity index (χ1) is 8.97. The molecule has 0 aliphatic carbocycles. The average molecular weight is 281 g/mol. The number of hydrogen-bond acceptors (Lipinski definition) is 5. The van der Waals surface area contributed by atoms with E-state index >= 15 is 0 Å². The minimum Gasteiger partial charge on any atom is -0.383 e. The first kappa shape index (κ1) is 13.0. The zero-order valence-corrected chi connectivity index (χ0v) is 10.6. The molecule has 0 aliphatic heterocycles. The van der Waals surface area contributed by atoms with Crippen molar-refractivity contribution in [1.29, 1.82) is 0 Å². The maximum atomic E-state index is 12.0. The highest BCUT2D eigenvalue weighted by molar-refractivity contribution is 6.30. The molecule has 1 aromatic heterocycles. The van der Waals surface area contributed by atoms with E-state index in [1.807, 2.05) is 0 Å². The number of anilines is 1. The van der Waals surface area contributed by atoms with Gasteiger partial charge in [0.15, 0.2) is 0 Å². The summed E-state index contributed by atoms with van der Waals surface area (Å²) in [5.41, 5.74) is 4.04. The van der Waals surface area contributed by atoms with Crippen LogP contribution in [0.4, 0.5) is 11.5 Å². The van der Waals surface area contributed by atoms with E-state index in [-0.39, 0.29) is 5.82 Å². The van der Waals surface area contributed by atoms with Crippen molar-refractivity contribution in [3.8, 4) is 5.69 Å². The summed E-state index contributed by atoms with van der Waals surface area (Å²) >= 11 is 5.75. The second kappa shape index (κ2) is 4.69. The number of nitrogens with zero attached hydrogens (tertiary/aromatic N) is 3. The molecular weight excluding hydrogens is 272 g/mol. The predicted octanol–water partition coefficient (Wildman–Crippen LogP) is 1.17. The number of benzene rings is 1. The first-order valence-electron chi connectivity index (χ1n) is 5.18. The van der Waals surface area contributed by atoms with E-state index in [4.69, 9.17) is 17.3 Å². The summed E-state index contributed by atoms with van der Waals surface area (Å²) in [6.45, 7) is 0. The van der Waals surface area contributed by atoms with Gasteiger partial charge in [0.2, 0.25) is 5.69 Å². The van der Waals surface area contributed by atoms with Gasteiger partial charge in [-0.1, -0.05) is 11.6 Å². The Bertz CT molecular complexity index is 761. The topological polar surface area (TPSA) is 99.4 Å². The number of nitroso groups, excluding NO2 is 1. The maximum Gasteiger partial charge on any atom is 0.337 e. The zero-order valence-electron chi connectivity index (χ0n) is 9.83. The minimum absolute atomic E-state index is 0.301. The summed E-state index contributed by atoms with van der Waals surface area (Å²) in [6, 6.07) is 6.20. The van der Waals surface area contributed by atoms with Gasteiger partial charge in [-0.15, -0.1) is 4.91 Å². The van der Waals surface area contributed by atoms with Gasteiger partial charge in [-0.2, -0.15) is 0 Å². The van der Waals surface area contributed by atoms with Gasteiger partial charge in [0, 0.05) is 12.1 Å². The second-order valence-corrected chi connectivity index (χ2v) is 4.22. The smallest absolute Gasteiger partial charge is 0.337 e. The number of halogens is 1. The van der Waals surface area contributed by atoms with Crippen molar-refractivity contribution in [3.05, 3.63) is 55.0 Å². The fourth-order valence-electron chi connectivity index (χ4n) is 1.64. The Morgan fingerprint density at radius 1 is 1.21 bits per heavy atom. The van der Waals surface area contributed by atoms with E-state index in [0.717, 1.165) is 9.13 Å². The standard InChI is InChI=1S/C11H9ClN4O3/c1-15-10(17)8(14-19)9(13)16(11(15)18)7-4-2-6(12)3-5-7/h2-5H,13H2,1H3. The van der Waals surface area contributed by atoms with E-state index < -0.39 is 16.9 Å².